The summed E-state index contributed by atoms with van der Waals surface area (Å²) in [6, 6.07) is 7.36. The molecule has 2 rings (SSSR count). The zero-order valence-electron chi connectivity index (χ0n) is 8.85. The van der Waals surface area contributed by atoms with E-state index >= 15 is 0 Å². The summed E-state index contributed by atoms with van der Waals surface area (Å²) in [7, 11) is 1.78. The van der Waals surface area contributed by atoms with Crippen molar-refractivity contribution < 1.29 is 4.79 Å². The number of carbonyl (C=O) groups excluding carboxylic acids is 1. The van der Waals surface area contributed by atoms with Gasteiger partial charge in [0.2, 0.25) is 0 Å². The SMILES string of the molecule is Cn1cc(C(=O)Cc2ccccc2Cl)cn1. The molecule has 1 aromatic carbocycles. The van der Waals surface area contributed by atoms with E-state index in [9.17, 15) is 4.79 Å². The van der Waals surface area contributed by atoms with Crippen LogP contribution in [0.4, 0.5) is 0 Å². The predicted molar refractivity (Wildman–Crippen MR) is 62.7 cm³/mol. The van der Waals surface area contributed by atoms with Crippen LogP contribution in [0.2, 0.25) is 5.02 Å². The molecule has 0 unspecified atom stereocenters. The normalized spacial score (nSPS) is 10.4. The number of Topliss-reactive ketones (excluding diaryl/α,β-unsaturated/α-hetero) is 1. The fourth-order valence-electron chi connectivity index (χ4n) is 1.48. The first-order chi connectivity index (χ1) is 7.66. The van der Waals surface area contributed by atoms with Crippen LogP contribution in [0.5, 0.6) is 0 Å². The zero-order chi connectivity index (χ0) is 11.5. The van der Waals surface area contributed by atoms with Crippen molar-refractivity contribution in [1.29, 1.82) is 0 Å². The van der Waals surface area contributed by atoms with Gasteiger partial charge in [0.05, 0.1) is 11.8 Å². The Kier molecular flexibility index (Phi) is 3.06. The van der Waals surface area contributed by atoms with Crippen LogP contribution < -0.4 is 0 Å². The minimum absolute atomic E-state index is 0.0289. The number of hydrogen-bond acceptors (Lipinski definition) is 2. The molecular formula is C12H11ClN2O. The van der Waals surface area contributed by atoms with Crippen LogP contribution in [0.25, 0.3) is 0 Å². The molecule has 0 aliphatic carbocycles. The molecule has 0 amide bonds. The Hall–Kier alpha value is -1.61. The number of ketones is 1. The first kappa shape index (κ1) is 10.9. The molecule has 16 heavy (non-hydrogen) atoms. The van der Waals surface area contributed by atoms with Crippen molar-refractivity contribution in [3.63, 3.8) is 0 Å². The van der Waals surface area contributed by atoms with E-state index in [1.54, 1.807) is 30.2 Å². The van der Waals surface area contributed by atoms with Crippen LogP contribution >= 0.6 is 11.6 Å². The van der Waals surface area contributed by atoms with Crippen molar-refractivity contribution in [2.75, 3.05) is 0 Å². The molecule has 0 atom stereocenters. The third kappa shape index (κ3) is 2.31. The van der Waals surface area contributed by atoms with Crippen molar-refractivity contribution in [1.82, 2.24) is 9.78 Å². The average molecular weight is 235 g/mol. The molecule has 1 aromatic heterocycles. The van der Waals surface area contributed by atoms with Crippen LogP contribution in [0, 0.1) is 0 Å². The van der Waals surface area contributed by atoms with E-state index in [1.807, 2.05) is 18.2 Å². The molecule has 0 aliphatic heterocycles. The Bertz CT molecular complexity index is 519. The lowest BCUT2D eigenvalue weighted by atomic mass is 10.1. The molecule has 2 aromatic rings. The summed E-state index contributed by atoms with van der Waals surface area (Å²) in [5.74, 6) is 0.0289. The molecule has 82 valence electrons. The van der Waals surface area contributed by atoms with Gasteiger partial charge in [-0.15, -0.1) is 0 Å². The fourth-order valence-corrected chi connectivity index (χ4v) is 1.68. The van der Waals surface area contributed by atoms with Crippen LogP contribution in [0.15, 0.2) is 36.7 Å². The molecule has 3 nitrogen and oxygen atoms in total. The Morgan fingerprint density at radius 2 is 2.19 bits per heavy atom. The van der Waals surface area contributed by atoms with Gasteiger partial charge in [0.25, 0.3) is 0 Å². The molecule has 0 saturated heterocycles. The fraction of sp³-hybridized carbons (Fsp3) is 0.167. The highest BCUT2D eigenvalue weighted by atomic mass is 35.5. The van der Waals surface area contributed by atoms with Gasteiger partial charge in [0.1, 0.15) is 0 Å². The van der Waals surface area contributed by atoms with E-state index in [2.05, 4.69) is 5.10 Å². The molecule has 0 spiro atoms. The molecule has 0 radical (unpaired) electrons. The maximum atomic E-state index is 11.9. The number of hydrogen-bond donors (Lipinski definition) is 0. The number of carbonyl (C=O) groups is 1. The highest BCUT2D eigenvalue weighted by Gasteiger charge is 2.10. The van der Waals surface area contributed by atoms with Crippen LogP contribution in [0.3, 0.4) is 0 Å². The third-order valence-corrected chi connectivity index (χ3v) is 2.70. The molecule has 0 aliphatic rings. The second-order valence-corrected chi connectivity index (χ2v) is 4.00. The van der Waals surface area contributed by atoms with Crippen LogP contribution in [-0.4, -0.2) is 15.6 Å². The average Bonchev–Trinajstić information content (AvgIpc) is 2.68. The summed E-state index contributed by atoms with van der Waals surface area (Å²) in [6.07, 6.45) is 3.59. The Morgan fingerprint density at radius 3 is 2.81 bits per heavy atom. The second-order valence-electron chi connectivity index (χ2n) is 3.59. The summed E-state index contributed by atoms with van der Waals surface area (Å²) in [5, 5.41) is 4.59. The predicted octanol–water partition coefficient (Wildman–Crippen LogP) is 2.50. The van der Waals surface area contributed by atoms with Crippen LogP contribution in [0.1, 0.15) is 15.9 Å². The van der Waals surface area contributed by atoms with E-state index in [4.69, 9.17) is 11.6 Å². The Morgan fingerprint density at radius 1 is 1.44 bits per heavy atom. The first-order valence-electron chi connectivity index (χ1n) is 4.92. The van der Waals surface area contributed by atoms with Crippen molar-refractivity contribution >= 4 is 17.4 Å². The number of aryl methyl sites for hydroxylation is 1. The van der Waals surface area contributed by atoms with E-state index in [0.717, 1.165) is 5.56 Å². The number of nitrogens with zero attached hydrogens (tertiary/aromatic N) is 2. The minimum atomic E-state index is 0.0289. The lowest BCUT2D eigenvalue weighted by molar-refractivity contribution is 0.0993. The molecule has 0 bridgehead atoms. The monoisotopic (exact) mass is 234 g/mol. The van der Waals surface area contributed by atoms with Crippen molar-refractivity contribution in [2.45, 2.75) is 6.42 Å². The summed E-state index contributed by atoms with van der Waals surface area (Å²) in [4.78, 5) is 11.9. The topological polar surface area (TPSA) is 34.9 Å². The zero-order valence-corrected chi connectivity index (χ0v) is 9.61. The van der Waals surface area contributed by atoms with Gasteiger partial charge in [-0.25, -0.2) is 0 Å². The molecule has 0 N–H and O–H groups in total. The summed E-state index contributed by atoms with van der Waals surface area (Å²) >= 11 is 5.99. The lowest BCUT2D eigenvalue weighted by Crippen LogP contribution is -2.02. The van der Waals surface area contributed by atoms with Crippen LogP contribution in [-0.2, 0) is 13.5 Å². The first-order valence-corrected chi connectivity index (χ1v) is 5.30. The second kappa shape index (κ2) is 4.49. The summed E-state index contributed by atoms with van der Waals surface area (Å²) in [5.41, 5.74) is 1.46. The molecular weight excluding hydrogens is 224 g/mol. The van der Waals surface area contributed by atoms with Crippen molar-refractivity contribution in [2.24, 2.45) is 7.05 Å². The third-order valence-electron chi connectivity index (χ3n) is 2.34. The highest BCUT2D eigenvalue weighted by molar-refractivity contribution is 6.31. The van der Waals surface area contributed by atoms with E-state index in [-0.39, 0.29) is 5.78 Å². The number of aromatic nitrogens is 2. The largest absolute Gasteiger partial charge is 0.294 e. The Balaban J connectivity index is 2.17. The standard InChI is InChI=1S/C12H11ClN2O/c1-15-8-10(7-14-15)12(16)6-9-4-2-3-5-11(9)13/h2-5,7-8H,6H2,1H3. The minimum Gasteiger partial charge on any atom is -0.294 e. The number of benzene rings is 1. The smallest absolute Gasteiger partial charge is 0.170 e. The van der Waals surface area contributed by atoms with Gasteiger partial charge in [0.15, 0.2) is 5.78 Å². The maximum absolute atomic E-state index is 11.9. The van der Waals surface area contributed by atoms with E-state index in [1.165, 1.54) is 0 Å². The summed E-state index contributed by atoms with van der Waals surface area (Å²) < 4.78 is 1.61. The lowest BCUT2D eigenvalue weighted by Gasteiger charge is -2.01. The van der Waals surface area contributed by atoms with Gasteiger partial charge in [-0.1, -0.05) is 29.8 Å². The molecule has 4 heteroatoms. The van der Waals surface area contributed by atoms with Crippen molar-refractivity contribution in [3.05, 3.63) is 52.8 Å². The van der Waals surface area contributed by atoms with Gasteiger partial charge in [-0.2, -0.15) is 5.10 Å². The molecule has 0 fully saturated rings. The number of rotatable bonds is 3. The van der Waals surface area contributed by atoms with Gasteiger partial charge in [-0.05, 0) is 11.6 Å². The maximum Gasteiger partial charge on any atom is 0.170 e. The van der Waals surface area contributed by atoms with Gasteiger partial charge in [0, 0.05) is 24.7 Å². The summed E-state index contributed by atoms with van der Waals surface area (Å²) in [6.45, 7) is 0. The highest BCUT2D eigenvalue weighted by Crippen LogP contribution is 2.17. The Labute approximate surface area is 98.7 Å². The quantitative estimate of drug-likeness (QED) is 0.765. The molecule has 1 heterocycles. The number of halogens is 1. The van der Waals surface area contributed by atoms with Gasteiger partial charge < -0.3 is 0 Å². The molecule has 0 saturated carbocycles. The van der Waals surface area contributed by atoms with E-state index in [0.29, 0.717) is 17.0 Å². The van der Waals surface area contributed by atoms with Gasteiger partial charge >= 0.3 is 0 Å². The van der Waals surface area contributed by atoms with Crippen molar-refractivity contribution in [3.8, 4) is 0 Å². The van der Waals surface area contributed by atoms with E-state index < -0.39 is 0 Å². The van der Waals surface area contributed by atoms with Gasteiger partial charge in [-0.3, -0.25) is 9.48 Å².